The molecule has 1 aliphatic carbocycles. The third-order valence-electron chi connectivity index (χ3n) is 5.46. The molecule has 0 amide bonds. The summed E-state index contributed by atoms with van der Waals surface area (Å²) in [5, 5.41) is 0. The average molecular weight is 268 g/mol. The molecule has 1 saturated carbocycles. The van der Waals surface area contributed by atoms with Gasteiger partial charge in [0.2, 0.25) is 0 Å². The number of ether oxygens (including phenoxy) is 1. The summed E-state index contributed by atoms with van der Waals surface area (Å²) in [6.07, 6.45) is 8.24. The molecule has 2 unspecified atom stereocenters. The fraction of sp³-hybridized carbons (Fsp3) is 1.00. The second-order valence-corrected chi connectivity index (χ2v) is 7.12. The Morgan fingerprint density at radius 2 is 1.58 bits per heavy atom. The first kappa shape index (κ1) is 15.3. The van der Waals surface area contributed by atoms with Gasteiger partial charge < -0.3 is 10.5 Å². The molecule has 0 aromatic carbocycles. The average Bonchev–Trinajstić information content (AvgIpc) is 2.37. The maximum atomic E-state index is 6.20. The molecule has 1 aliphatic heterocycles. The normalized spacial score (nSPS) is 44.5. The highest BCUT2D eigenvalue weighted by Crippen LogP contribution is 2.37. The van der Waals surface area contributed by atoms with Crippen molar-refractivity contribution in [1.29, 1.82) is 0 Å². The molecule has 3 nitrogen and oxygen atoms in total. The van der Waals surface area contributed by atoms with Crippen LogP contribution in [-0.2, 0) is 4.74 Å². The van der Waals surface area contributed by atoms with E-state index in [0.29, 0.717) is 12.2 Å². The Labute approximate surface area is 118 Å². The molecule has 0 radical (unpaired) electrons. The van der Waals surface area contributed by atoms with Crippen molar-refractivity contribution in [2.75, 3.05) is 13.6 Å². The zero-order chi connectivity index (χ0) is 14.0. The highest BCUT2D eigenvalue weighted by atomic mass is 16.5. The number of hydrogen-bond acceptors (Lipinski definition) is 3. The summed E-state index contributed by atoms with van der Waals surface area (Å²) in [4.78, 5) is 2.62. The van der Waals surface area contributed by atoms with E-state index in [-0.39, 0.29) is 5.54 Å². The van der Waals surface area contributed by atoms with Crippen LogP contribution in [0.4, 0.5) is 0 Å². The Bertz CT molecular complexity index is 276. The number of likely N-dealkylation sites (N-methyl/N-ethyl adjacent to an activating group) is 1. The Morgan fingerprint density at radius 1 is 1.05 bits per heavy atom. The van der Waals surface area contributed by atoms with Crippen molar-refractivity contribution < 1.29 is 4.74 Å². The van der Waals surface area contributed by atoms with Crippen LogP contribution in [0.2, 0.25) is 0 Å². The van der Waals surface area contributed by atoms with Crippen LogP contribution in [0.25, 0.3) is 0 Å². The molecular weight excluding hydrogens is 236 g/mol. The molecule has 2 rings (SSSR count). The van der Waals surface area contributed by atoms with Gasteiger partial charge in [-0.25, -0.2) is 0 Å². The van der Waals surface area contributed by atoms with Crippen molar-refractivity contribution in [2.24, 2.45) is 11.7 Å². The van der Waals surface area contributed by atoms with E-state index in [1.807, 2.05) is 0 Å². The van der Waals surface area contributed by atoms with Crippen molar-refractivity contribution in [3.63, 3.8) is 0 Å². The summed E-state index contributed by atoms with van der Waals surface area (Å²) in [6, 6.07) is 0.720. The molecule has 2 fully saturated rings. The predicted molar refractivity (Wildman–Crippen MR) is 80.2 cm³/mol. The summed E-state index contributed by atoms with van der Waals surface area (Å²) in [7, 11) is 2.30. The summed E-state index contributed by atoms with van der Waals surface area (Å²) in [6.45, 7) is 7.52. The molecule has 0 aromatic heterocycles. The molecule has 0 aromatic rings. The maximum Gasteiger partial charge on any atom is 0.0568 e. The molecule has 0 spiro atoms. The van der Waals surface area contributed by atoms with Gasteiger partial charge in [0.25, 0.3) is 0 Å². The van der Waals surface area contributed by atoms with Gasteiger partial charge in [-0.3, -0.25) is 4.90 Å². The molecule has 1 saturated heterocycles. The monoisotopic (exact) mass is 268 g/mol. The molecule has 3 heteroatoms. The quantitative estimate of drug-likeness (QED) is 0.855. The van der Waals surface area contributed by atoms with Gasteiger partial charge >= 0.3 is 0 Å². The smallest absolute Gasteiger partial charge is 0.0568 e. The molecule has 2 N–H and O–H groups in total. The van der Waals surface area contributed by atoms with E-state index < -0.39 is 0 Å². The fourth-order valence-electron chi connectivity index (χ4n) is 4.26. The highest BCUT2D eigenvalue weighted by molar-refractivity contribution is 4.99. The minimum atomic E-state index is 0.155. The van der Waals surface area contributed by atoms with Crippen molar-refractivity contribution in [1.82, 2.24) is 4.90 Å². The Kier molecular flexibility index (Phi) is 4.91. The van der Waals surface area contributed by atoms with Crippen molar-refractivity contribution in [2.45, 2.75) is 83.1 Å². The Morgan fingerprint density at radius 3 is 2.05 bits per heavy atom. The number of nitrogens with two attached hydrogens (primary N) is 1. The first-order chi connectivity index (χ1) is 8.97. The van der Waals surface area contributed by atoms with Crippen LogP contribution in [0, 0.1) is 5.92 Å². The highest BCUT2D eigenvalue weighted by Gasteiger charge is 2.43. The summed E-state index contributed by atoms with van der Waals surface area (Å²) in [5.41, 5.74) is 6.36. The lowest BCUT2D eigenvalue weighted by Crippen LogP contribution is -2.61. The molecular formula is C16H32N2O. The van der Waals surface area contributed by atoms with Gasteiger partial charge in [0.1, 0.15) is 0 Å². The minimum absolute atomic E-state index is 0.155. The van der Waals surface area contributed by atoms with Gasteiger partial charge in [0.15, 0.2) is 0 Å². The molecule has 0 bridgehead atoms. The third-order valence-corrected chi connectivity index (χ3v) is 5.46. The molecule has 112 valence electrons. The summed E-state index contributed by atoms with van der Waals surface area (Å²) < 4.78 is 5.92. The lowest BCUT2D eigenvalue weighted by molar-refractivity contribution is -0.109. The van der Waals surface area contributed by atoms with Crippen LogP contribution in [0.1, 0.15) is 59.3 Å². The largest absolute Gasteiger partial charge is 0.375 e. The van der Waals surface area contributed by atoms with Gasteiger partial charge in [-0.2, -0.15) is 0 Å². The lowest BCUT2D eigenvalue weighted by atomic mass is 9.79. The van der Waals surface area contributed by atoms with Gasteiger partial charge in [-0.05, 0) is 65.3 Å². The van der Waals surface area contributed by atoms with E-state index in [1.165, 1.54) is 25.7 Å². The van der Waals surface area contributed by atoms with E-state index in [1.54, 1.807) is 0 Å². The van der Waals surface area contributed by atoms with Crippen molar-refractivity contribution in [3.05, 3.63) is 0 Å². The van der Waals surface area contributed by atoms with Gasteiger partial charge in [-0.1, -0.05) is 6.92 Å². The van der Waals surface area contributed by atoms with Gasteiger partial charge in [0.05, 0.1) is 12.2 Å². The first-order valence-electron chi connectivity index (χ1n) is 8.05. The van der Waals surface area contributed by atoms with Crippen LogP contribution < -0.4 is 5.73 Å². The molecule has 19 heavy (non-hydrogen) atoms. The number of hydrogen-bond donors (Lipinski definition) is 1. The SMILES string of the molecule is CC1CCC(N(C)C2(CN)CC(C)OC(C)C2)CC1. The molecule has 2 aliphatic rings. The molecule has 1 heterocycles. The predicted octanol–water partition coefficient (Wildman–Crippen LogP) is 2.78. The Hall–Kier alpha value is -0.120. The standard InChI is InChI=1S/C16H32N2O/c1-12-5-7-15(8-6-12)18(4)16(11-17)9-13(2)19-14(3)10-16/h12-15H,5-11,17H2,1-4H3. The zero-order valence-electron chi connectivity index (χ0n) is 13.2. The number of nitrogens with zero attached hydrogens (tertiary/aromatic N) is 1. The maximum absolute atomic E-state index is 6.20. The van der Waals surface area contributed by atoms with Crippen molar-refractivity contribution in [3.8, 4) is 0 Å². The third kappa shape index (κ3) is 3.32. The van der Waals surface area contributed by atoms with Crippen molar-refractivity contribution >= 4 is 0 Å². The van der Waals surface area contributed by atoms with Crippen LogP contribution in [0.15, 0.2) is 0 Å². The number of rotatable bonds is 3. The van der Waals surface area contributed by atoms with Gasteiger partial charge in [-0.15, -0.1) is 0 Å². The Balaban J connectivity index is 2.07. The van der Waals surface area contributed by atoms with Crippen LogP contribution >= 0.6 is 0 Å². The van der Waals surface area contributed by atoms with E-state index >= 15 is 0 Å². The van der Waals surface area contributed by atoms with E-state index in [2.05, 4.69) is 32.7 Å². The van der Waals surface area contributed by atoms with E-state index in [9.17, 15) is 0 Å². The van der Waals surface area contributed by atoms with Gasteiger partial charge in [0, 0.05) is 18.1 Å². The zero-order valence-corrected chi connectivity index (χ0v) is 13.2. The fourth-order valence-corrected chi connectivity index (χ4v) is 4.26. The minimum Gasteiger partial charge on any atom is -0.375 e. The summed E-state index contributed by atoms with van der Waals surface area (Å²) >= 11 is 0. The summed E-state index contributed by atoms with van der Waals surface area (Å²) in [5.74, 6) is 0.908. The van der Waals surface area contributed by atoms with Crippen LogP contribution in [0.3, 0.4) is 0 Å². The second-order valence-electron chi connectivity index (χ2n) is 7.12. The lowest BCUT2D eigenvalue weighted by Gasteiger charge is -2.51. The van der Waals surface area contributed by atoms with Crippen LogP contribution in [0.5, 0.6) is 0 Å². The molecule has 2 atom stereocenters. The first-order valence-corrected chi connectivity index (χ1v) is 8.05. The van der Waals surface area contributed by atoms with E-state index in [4.69, 9.17) is 10.5 Å². The second kappa shape index (κ2) is 6.11. The topological polar surface area (TPSA) is 38.5 Å². The van der Waals surface area contributed by atoms with E-state index in [0.717, 1.165) is 31.3 Å². The van der Waals surface area contributed by atoms with Crippen LogP contribution in [-0.4, -0.2) is 42.3 Å².